The molecular weight excluding hydrogens is 322 g/mol. The van der Waals surface area contributed by atoms with Gasteiger partial charge in [0.15, 0.2) is 0 Å². The minimum absolute atomic E-state index is 0.0494. The van der Waals surface area contributed by atoms with E-state index in [2.05, 4.69) is 93.2 Å². The van der Waals surface area contributed by atoms with Crippen molar-refractivity contribution in [2.75, 3.05) is 13.1 Å². The fourth-order valence-electron chi connectivity index (χ4n) is 3.16. The highest BCUT2D eigenvalue weighted by Gasteiger charge is 2.31. The zero-order valence-corrected chi connectivity index (χ0v) is 19.2. The van der Waals surface area contributed by atoms with Crippen molar-refractivity contribution < 1.29 is 0 Å². The summed E-state index contributed by atoms with van der Waals surface area (Å²) in [7, 11) is 0. The molecule has 0 aromatic heterocycles. The van der Waals surface area contributed by atoms with E-state index in [1.807, 2.05) is 0 Å². The molecule has 0 aliphatic carbocycles. The molecule has 0 atom stereocenters. The van der Waals surface area contributed by atoms with Gasteiger partial charge in [-0.05, 0) is 46.8 Å². The first-order valence-corrected chi connectivity index (χ1v) is 10.0. The lowest BCUT2D eigenvalue weighted by atomic mass is 9.72. The fraction of sp³-hybridized carbons (Fsp3) is 0.696. The summed E-state index contributed by atoms with van der Waals surface area (Å²) in [6.45, 7) is 27.0. The van der Waals surface area contributed by atoms with Crippen LogP contribution in [-0.2, 0) is 16.2 Å². The predicted molar refractivity (Wildman–Crippen MR) is 117 cm³/mol. The molecule has 2 heteroatoms. The van der Waals surface area contributed by atoms with Crippen LogP contribution in [0.5, 0.6) is 0 Å². The average molecular weight is 362 g/mol. The van der Waals surface area contributed by atoms with E-state index >= 15 is 0 Å². The van der Waals surface area contributed by atoms with Crippen LogP contribution >= 0.6 is 12.2 Å². The van der Waals surface area contributed by atoms with Gasteiger partial charge in [0.2, 0.25) is 0 Å². The third kappa shape index (κ3) is 5.06. The van der Waals surface area contributed by atoms with Crippen LogP contribution < -0.4 is 0 Å². The summed E-state index contributed by atoms with van der Waals surface area (Å²) in [4.78, 5) is 3.31. The normalized spacial score (nSPS) is 13.1. The van der Waals surface area contributed by atoms with Crippen LogP contribution in [0.2, 0.25) is 0 Å². The Hall–Kier alpha value is -0.890. The number of benzene rings is 1. The molecule has 0 aliphatic rings. The number of hydrogen-bond acceptors (Lipinski definition) is 1. The van der Waals surface area contributed by atoms with E-state index in [1.54, 1.807) is 0 Å². The number of thiocarbonyl (C=S) groups is 1. The molecule has 142 valence electrons. The topological polar surface area (TPSA) is 3.24 Å². The zero-order chi connectivity index (χ0) is 19.8. The van der Waals surface area contributed by atoms with Crippen molar-refractivity contribution in [2.45, 2.75) is 92.4 Å². The van der Waals surface area contributed by atoms with Crippen LogP contribution in [0.25, 0.3) is 0 Å². The number of nitrogens with zero attached hydrogens (tertiary/aromatic N) is 1. The average Bonchev–Trinajstić information content (AvgIpc) is 2.44. The minimum Gasteiger partial charge on any atom is -0.363 e. The molecule has 1 nitrogen and oxygen atoms in total. The van der Waals surface area contributed by atoms with Gasteiger partial charge in [-0.15, -0.1) is 0 Å². The monoisotopic (exact) mass is 361 g/mol. The molecular formula is C23H39NS. The van der Waals surface area contributed by atoms with E-state index in [1.165, 1.54) is 22.3 Å². The van der Waals surface area contributed by atoms with E-state index in [0.717, 1.165) is 18.1 Å². The van der Waals surface area contributed by atoms with Gasteiger partial charge in [0.25, 0.3) is 0 Å². The van der Waals surface area contributed by atoms with Gasteiger partial charge in [0.1, 0.15) is 4.99 Å². The molecule has 0 saturated carbocycles. The van der Waals surface area contributed by atoms with Crippen LogP contribution in [0.3, 0.4) is 0 Å². The van der Waals surface area contributed by atoms with E-state index in [0.29, 0.717) is 0 Å². The Bertz CT molecular complexity index is 582. The van der Waals surface area contributed by atoms with Gasteiger partial charge in [-0.3, -0.25) is 0 Å². The Labute approximate surface area is 162 Å². The second-order valence-electron chi connectivity index (χ2n) is 10.2. The second-order valence-corrected chi connectivity index (χ2v) is 10.6. The van der Waals surface area contributed by atoms with Crippen molar-refractivity contribution in [3.63, 3.8) is 0 Å². The van der Waals surface area contributed by atoms with Crippen molar-refractivity contribution in [1.29, 1.82) is 0 Å². The molecule has 0 spiro atoms. The molecule has 1 rings (SSSR count). The summed E-state index contributed by atoms with van der Waals surface area (Å²) in [5.74, 6) is 0. The highest BCUT2D eigenvalue weighted by molar-refractivity contribution is 7.80. The molecule has 0 heterocycles. The molecule has 0 bridgehead atoms. The highest BCUT2D eigenvalue weighted by atomic mass is 32.1. The van der Waals surface area contributed by atoms with Gasteiger partial charge >= 0.3 is 0 Å². The maximum Gasteiger partial charge on any atom is 0.109 e. The SMILES string of the molecule is CCN(CC)C(=S)c1c(C(C)(C)C)cc(C(C)(C)C)cc1C(C)(C)C. The second kappa shape index (κ2) is 7.39. The zero-order valence-electron chi connectivity index (χ0n) is 18.4. The largest absolute Gasteiger partial charge is 0.363 e. The number of hydrogen-bond donors (Lipinski definition) is 0. The molecule has 1 aromatic carbocycles. The van der Waals surface area contributed by atoms with E-state index in [9.17, 15) is 0 Å². The van der Waals surface area contributed by atoms with Gasteiger partial charge in [-0.25, -0.2) is 0 Å². The standard InChI is InChI=1S/C23H39NS/c1-12-24(13-2)20(25)19-17(22(6,7)8)14-16(21(3,4)5)15-18(19)23(9,10)11/h14-15H,12-13H2,1-11H3. The Kier molecular flexibility index (Phi) is 6.54. The fourth-order valence-corrected chi connectivity index (χ4v) is 3.64. The maximum atomic E-state index is 6.02. The summed E-state index contributed by atoms with van der Waals surface area (Å²) in [6, 6.07) is 4.81. The van der Waals surface area contributed by atoms with Gasteiger partial charge in [0.05, 0.1) is 0 Å². The van der Waals surface area contributed by atoms with Crippen molar-refractivity contribution in [1.82, 2.24) is 4.90 Å². The Morgan fingerprint density at radius 1 is 0.760 bits per heavy atom. The quantitative estimate of drug-likeness (QED) is 0.558. The summed E-state index contributed by atoms with van der Waals surface area (Å²) < 4.78 is 0. The molecule has 0 amide bonds. The molecule has 0 radical (unpaired) electrons. The van der Waals surface area contributed by atoms with Crippen LogP contribution in [0.1, 0.15) is 98.4 Å². The summed E-state index contributed by atoms with van der Waals surface area (Å²) in [5, 5.41) is 0. The van der Waals surface area contributed by atoms with Crippen molar-refractivity contribution >= 4 is 17.2 Å². The Balaban J connectivity index is 3.92. The first-order valence-electron chi connectivity index (χ1n) is 9.63. The maximum absolute atomic E-state index is 6.02. The van der Waals surface area contributed by atoms with E-state index in [-0.39, 0.29) is 16.2 Å². The summed E-state index contributed by atoms with van der Waals surface area (Å²) >= 11 is 6.02. The van der Waals surface area contributed by atoms with Crippen molar-refractivity contribution in [3.05, 3.63) is 34.4 Å². The van der Waals surface area contributed by atoms with Crippen LogP contribution in [0, 0.1) is 0 Å². The first kappa shape index (κ1) is 22.2. The van der Waals surface area contributed by atoms with Crippen LogP contribution in [0.15, 0.2) is 12.1 Å². The van der Waals surface area contributed by atoms with Crippen LogP contribution in [0.4, 0.5) is 0 Å². The molecule has 0 aliphatic heterocycles. The van der Waals surface area contributed by atoms with E-state index < -0.39 is 0 Å². The summed E-state index contributed by atoms with van der Waals surface area (Å²) in [5.41, 5.74) is 5.65. The minimum atomic E-state index is 0.0494. The van der Waals surface area contributed by atoms with Gasteiger partial charge in [-0.1, -0.05) is 86.7 Å². The van der Waals surface area contributed by atoms with Gasteiger partial charge in [-0.2, -0.15) is 0 Å². The molecule has 0 fully saturated rings. The smallest absolute Gasteiger partial charge is 0.109 e. The lowest BCUT2D eigenvalue weighted by Crippen LogP contribution is -2.35. The predicted octanol–water partition coefficient (Wildman–Crippen LogP) is 6.60. The molecule has 25 heavy (non-hydrogen) atoms. The third-order valence-electron chi connectivity index (χ3n) is 4.88. The van der Waals surface area contributed by atoms with Crippen molar-refractivity contribution in [2.24, 2.45) is 0 Å². The molecule has 0 N–H and O–H groups in total. The van der Waals surface area contributed by atoms with Gasteiger partial charge < -0.3 is 4.90 Å². The van der Waals surface area contributed by atoms with Crippen molar-refractivity contribution in [3.8, 4) is 0 Å². The summed E-state index contributed by atoms with van der Waals surface area (Å²) in [6.07, 6.45) is 0. The molecule has 0 unspecified atom stereocenters. The Morgan fingerprint density at radius 2 is 1.12 bits per heavy atom. The Morgan fingerprint density at radius 3 is 1.36 bits per heavy atom. The highest BCUT2D eigenvalue weighted by Crippen LogP contribution is 2.39. The molecule has 1 aromatic rings. The first-order chi connectivity index (χ1) is 11.1. The van der Waals surface area contributed by atoms with Crippen LogP contribution in [-0.4, -0.2) is 23.0 Å². The lowest BCUT2D eigenvalue weighted by Gasteiger charge is -2.36. The lowest BCUT2D eigenvalue weighted by molar-refractivity contribution is 0.470. The van der Waals surface area contributed by atoms with E-state index in [4.69, 9.17) is 12.2 Å². The third-order valence-corrected chi connectivity index (χ3v) is 5.35. The van der Waals surface area contributed by atoms with Gasteiger partial charge in [0, 0.05) is 18.7 Å². The number of rotatable bonds is 3. The molecule has 0 saturated heterocycles.